The lowest BCUT2D eigenvalue weighted by Gasteiger charge is -2.49. The van der Waals surface area contributed by atoms with Crippen LogP contribution in [0, 0.1) is 17.9 Å². The zero-order valence-electron chi connectivity index (χ0n) is 18.5. The summed E-state index contributed by atoms with van der Waals surface area (Å²) < 4.78 is 13.1. The summed E-state index contributed by atoms with van der Waals surface area (Å²) in [7, 11) is 1.78. The van der Waals surface area contributed by atoms with Crippen LogP contribution in [0.4, 0.5) is 16.2 Å². The van der Waals surface area contributed by atoms with Crippen LogP contribution in [0.5, 0.6) is 0 Å². The van der Waals surface area contributed by atoms with E-state index in [1.54, 1.807) is 18.0 Å². The predicted octanol–water partition coefficient (Wildman–Crippen LogP) is 3.65. The summed E-state index contributed by atoms with van der Waals surface area (Å²) in [6.45, 7) is 4.60. The van der Waals surface area contributed by atoms with Crippen LogP contribution in [-0.2, 0) is 6.54 Å². The Morgan fingerprint density at radius 3 is 2.66 bits per heavy atom. The number of benzene rings is 2. The van der Waals surface area contributed by atoms with Gasteiger partial charge >= 0.3 is 0 Å². The van der Waals surface area contributed by atoms with Gasteiger partial charge in [0.05, 0.1) is 17.9 Å². The van der Waals surface area contributed by atoms with Crippen LogP contribution in [0.1, 0.15) is 29.7 Å². The number of hydrogen-bond donors (Lipinski definition) is 2. The zero-order valence-corrected chi connectivity index (χ0v) is 18.5. The number of nitrogens with one attached hydrogen (secondary N) is 1. The minimum Gasteiger partial charge on any atom is -0.625 e. The molecule has 0 amide bonds. The predicted molar refractivity (Wildman–Crippen MR) is 124 cm³/mol. The molecule has 2 atom stereocenters. The molecule has 1 aliphatic rings. The van der Waals surface area contributed by atoms with Crippen LogP contribution < -0.4 is 14.9 Å². The molecule has 0 radical (unpaired) electrons. The molecule has 1 aromatic heterocycles. The summed E-state index contributed by atoms with van der Waals surface area (Å²) in [6, 6.07) is 13.8. The first-order valence-corrected chi connectivity index (χ1v) is 10.7. The lowest BCUT2D eigenvalue weighted by Crippen LogP contribution is -2.55. The quantitative estimate of drug-likeness (QED) is 0.452. The molecule has 1 unspecified atom stereocenters. The first-order chi connectivity index (χ1) is 15.3. The largest absolute Gasteiger partial charge is 0.625 e. The van der Waals surface area contributed by atoms with Crippen molar-refractivity contribution in [2.75, 3.05) is 31.8 Å². The maximum absolute atomic E-state index is 14.4. The van der Waals surface area contributed by atoms with E-state index < -0.39 is 10.7 Å². The van der Waals surface area contributed by atoms with E-state index in [4.69, 9.17) is 9.97 Å². The number of fused-ring (bicyclic) bond motifs is 1. The second-order valence-corrected chi connectivity index (χ2v) is 8.25. The molecule has 168 valence electrons. The van der Waals surface area contributed by atoms with Crippen molar-refractivity contribution in [1.29, 1.82) is 0 Å². The van der Waals surface area contributed by atoms with Gasteiger partial charge in [-0.1, -0.05) is 30.3 Å². The third-order valence-corrected chi connectivity index (χ3v) is 6.11. The third kappa shape index (κ3) is 3.98. The number of aromatic nitrogens is 2. The number of nitrogens with zero attached hydrogens (tertiary/aromatic N) is 4. The van der Waals surface area contributed by atoms with Crippen molar-refractivity contribution in [2.45, 2.75) is 26.4 Å². The van der Waals surface area contributed by atoms with E-state index in [0.717, 1.165) is 16.7 Å². The third-order valence-electron chi connectivity index (χ3n) is 6.11. The highest BCUT2D eigenvalue weighted by atomic mass is 19.1. The molecule has 2 aromatic carbocycles. The van der Waals surface area contributed by atoms with E-state index in [1.807, 2.05) is 44.2 Å². The number of aryl methyl sites for hydroxylation is 1. The van der Waals surface area contributed by atoms with Crippen molar-refractivity contribution < 1.29 is 9.50 Å². The molecule has 0 fully saturated rings. The maximum Gasteiger partial charge on any atom is 0.239 e. The number of likely N-dealkylation sites (N-methyl/N-ethyl adjacent to an activating group) is 1. The van der Waals surface area contributed by atoms with Crippen molar-refractivity contribution in [3.63, 3.8) is 0 Å². The Bertz CT molecular complexity index is 1110. The van der Waals surface area contributed by atoms with E-state index in [2.05, 4.69) is 5.32 Å². The summed E-state index contributed by atoms with van der Waals surface area (Å²) in [5, 5.41) is 27.0. The number of quaternary nitrogens is 1. The topological polar surface area (TPSA) is 84.3 Å². The van der Waals surface area contributed by atoms with Gasteiger partial charge in [-0.05, 0) is 37.6 Å². The van der Waals surface area contributed by atoms with E-state index in [-0.39, 0.29) is 19.1 Å². The van der Waals surface area contributed by atoms with Gasteiger partial charge in [-0.3, -0.25) is 9.96 Å². The molecule has 0 aliphatic carbocycles. The van der Waals surface area contributed by atoms with Crippen LogP contribution in [0.25, 0.3) is 11.3 Å². The molecule has 2 N–H and O–H groups in total. The van der Waals surface area contributed by atoms with Crippen LogP contribution in [0.15, 0.2) is 48.5 Å². The monoisotopic (exact) mass is 437 g/mol. The standard InChI is InChI=1S/C24H28FN5O2/c1-16-13-19(25)9-10-20(16)22-21-14-26-15-30(32,17(2)18-7-5-4-6-8-18)23(21)28-24(27-22)29(3)11-12-31/h4-10,13,17,26,31H,11-12,14-15H2,1-3H3/t17-,30?/m0/s1. The summed E-state index contributed by atoms with van der Waals surface area (Å²) in [5.74, 6) is 0.433. The fourth-order valence-electron chi connectivity index (χ4n) is 4.19. The first kappa shape index (κ1) is 22.3. The lowest BCUT2D eigenvalue weighted by atomic mass is 9.99. The molecule has 7 nitrogen and oxygen atoms in total. The van der Waals surface area contributed by atoms with Crippen LogP contribution in [0.3, 0.4) is 0 Å². The summed E-state index contributed by atoms with van der Waals surface area (Å²) >= 11 is 0. The van der Waals surface area contributed by atoms with Gasteiger partial charge in [0.2, 0.25) is 11.8 Å². The number of hydrogen-bond acceptors (Lipinski definition) is 6. The Labute approximate surface area is 187 Å². The summed E-state index contributed by atoms with van der Waals surface area (Å²) in [6.07, 6.45) is 0. The molecular formula is C24H28FN5O2. The van der Waals surface area contributed by atoms with E-state index in [1.165, 1.54) is 12.1 Å². The molecule has 0 saturated carbocycles. The first-order valence-electron chi connectivity index (χ1n) is 10.7. The van der Waals surface area contributed by atoms with Crippen LogP contribution in [0.2, 0.25) is 0 Å². The Morgan fingerprint density at radius 2 is 1.97 bits per heavy atom. The van der Waals surface area contributed by atoms with E-state index in [9.17, 15) is 14.7 Å². The van der Waals surface area contributed by atoms with Gasteiger partial charge in [-0.15, -0.1) is 0 Å². The number of anilines is 1. The second-order valence-electron chi connectivity index (χ2n) is 8.25. The Hall–Kier alpha value is -2.91. The van der Waals surface area contributed by atoms with Gasteiger partial charge in [0.25, 0.3) is 0 Å². The fraction of sp³-hybridized carbons (Fsp3) is 0.333. The van der Waals surface area contributed by atoms with Gasteiger partial charge in [0, 0.05) is 31.3 Å². The van der Waals surface area contributed by atoms with Gasteiger partial charge in [0.15, 0.2) is 0 Å². The number of aliphatic hydroxyl groups is 1. The van der Waals surface area contributed by atoms with Crippen molar-refractivity contribution in [2.24, 2.45) is 0 Å². The number of rotatable bonds is 6. The molecule has 2 heterocycles. The molecule has 32 heavy (non-hydrogen) atoms. The Morgan fingerprint density at radius 1 is 1.22 bits per heavy atom. The van der Waals surface area contributed by atoms with Gasteiger partial charge < -0.3 is 15.2 Å². The van der Waals surface area contributed by atoms with Gasteiger partial charge in [-0.25, -0.2) is 9.37 Å². The average Bonchev–Trinajstić information content (AvgIpc) is 2.79. The van der Waals surface area contributed by atoms with Gasteiger partial charge in [0.1, 0.15) is 18.5 Å². The molecule has 1 aliphatic heterocycles. The van der Waals surface area contributed by atoms with Crippen molar-refractivity contribution in [1.82, 2.24) is 19.9 Å². The summed E-state index contributed by atoms with van der Waals surface area (Å²) in [5.41, 5.74) is 3.72. The Balaban J connectivity index is 1.94. The van der Waals surface area contributed by atoms with Crippen molar-refractivity contribution in [3.05, 3.63) is 76.2 Å². The molecule has 4 rings (SSSR count). The molecule has 8 heteroatoms. The van der Waals surface area contributed by atoms with Crippen LogP contribution in [-0.4, -0.2) is 41.9 Å². The molecular weight excluding hydrogens is 409 g/mol. The SMILES string of the molecule is Cc1cc(F)ccc1-c1nc(N(C)CCO)nc2c1CNC[N+]2([O-])[C@@H](C)c1ccccc1. The zero-order chi connectivity index (χ0) is 22.9. The normalized spacial score (nSPS) is 18.8. The van der Waals surface area contributed by atoms with Gasteiger partial charge in [-0.2, -0.15) is 4.98 Å². The minimum absolute atomic E-state index is 0.0683. The maximum atomic E-state index is 14.4. The smallest absolute Gasteiger partial charge is 0.239 e. The highest BCUT2D eigenvalue weighted by molar-refractivity contribution is 5.73. The minimum atomic E-state index is -0.685. The second kappa shape index (κ2) is 8.91. The van der Waals surface area contributed by atoms with E-state index in [0.29, 0.717) is 36.1 Å². The average molecular weight is 438 g/mol. The number of hydroxylamine groups is 2. The van der Waals surface area contributed by atoms with E-state index >= 15 is 0 Å². The van der Waals surface area contributed by atoms with Crippen molar-refractivity contribution in [3.8, 4) is 11.3 Å². The molecule has 0 spiro atoms. The number of halogens is 1. The number of aliphatic hydroxyl groups excluding tert-OH is 1. The Kier molecular flexibility index (Phi) is 6.21. The highest BCUT2D eigenvalue weighted by Gasteiger charge is 2.38. The fourth-order valence-corrected chi connectivity index (χ4v) is 4.19. The molecule has 3 aromatic rings. The lowest BCUT2D eigenvalue weighted by molar-refractivity contribution is 0.249. The van der Waals surface area contributed by atoms with Crippen molar-refractivity contribution >= 4 is 11.8 Å². The highest BCUT2D eigenvalue weighted by Crippen LogP contribution is 2.41. The summed E-state index contributed by atoms with van der Waals surface area (Å²) in [4.78, 5) is 11.2. The van der Waals surface area contributed by atoms with Crippen LogP contribution >= 0.6 is 0 Å². The molecule has 0 saturated heterocycles. The molecule has 0 bridgehead atoms.